The number of nitrogens with zero attached hydrogens (tertiary/aromatic N) is 2. The van der Waals surface area contributed by atoms with Gasteiger partial charge >= 0.3 is 10.1 Å². The molecule has 0 fully saturated rings. The summed E-state index contributed by atoms with van der Waals surface area (Å²) >= 11 is 0. The molecule has 0 aliphatic rings. The normalized spacial score (nSPS) is 10.9. The van der Waals surface area contributed by atoms with Crippen LogP contribution in [-0.4, -0.2) is 37.5 Å². The summed E-state index contributed by atoms with van der Waals surface area (Å²) in [6.07, 6.45) is 2.00. The molecule has 12 nitrogen and oxygen atoms in total. The van der Waals surface area contributed by atoms with E-state index in [4.69, 9.17) is 35.4 Å². The number of aryl methyl sites for hydroxylation is 1. The van der Waals surface area contributed by atoms with E-state index in [1.54, 1.807) is 30.3 Å². The van der Waals surface area contributed by atoms with Gasteiger partial charge in [0.25, 0.3) is 5.09 Å². The molecule has 0 spiro atoms. The molecule has 0 aliphatic carbocycles. The van der Waals surface area contributed by atoms with E-state index in [2.05, 4.69) is 10.5 Å². The third-order valence-electron chi connectivity index (χ3n) is 4.04. The molecule has 0 aromatic heterocycles. The predicted octanol–water partition coefficient (Wildman–Crippen LogP) is 2.81. The van der Waals surface area contributed by atoms with Gasteiger partial charge in [-0.2, -0.15) is 13.5 Å². The van der Waals surface area contributed by atoms with E-state index in [9.17, 15) is 8.42 Å². The molecule has 0 saturated heterocycles. The Morgan fingerprint density at radius 3 is 2.56 bits per heavy atom. The minimum atomic E-state index is -4.03. The number of hydrazone groups is 1. The highest BCUT2D eigenvalue weighted by molar-refractivity contribution is 7.87. The minimum absolute atomic E-state index is 0.110. The molecule has 0 radical (unpaired) electrons. The predicted molar refractivity (Wildman–Crippen MR) is 125 cm³/mol. The summed E-state index contributed by atoms with van der Waals surface area (Å²) in [4.78, 5) is 8.47. The van der Waals surface area contributed by atoms with Crippen LogP contribution in [0.3, 0.4) is 0 Å². The summed E-state index contributed by atoms with van der Waals surface area (Å²) in [5.74, 6) is 0.399. The SMILES string of the molecule is Cc1cc(OCCC=NNC(=N)N)cc(OS(=O)(=O)c2cccc3ccccc23)c1.O=[N+]([O-])O. The molecule has 13 heteroatoms. The van der Waals surface area contributed by atoms with Crippen molar-refractivity contribution in [3.05, 3.63) is 76.3 Å². The van der Waals surface area contributed by atoms with E-state index in [-0.39, 0.29) is 16.6 Å². The van der Waals surface area contributed by atoms with Gasteiger partial charge in [-0.25, -0.2) is 5.43 Å². The molecule has 0 heterocycles. The van der Waals surface area contributed by atoms with E-state index >= 15 is 0 Å². The molecular formula is C21H23N5O7S. The average molecular weight is 490 g/mol. The molecule has 0 amide bonds. The van der Waals surface area contributed by atoms with Crippen molar-refractivity contribution in [3.8, 4) is 11.5 Å². The third kappa shape index (κ3) is 8.27. The van der Waals surface area contributed by atoms with Crippen LogP contribution in [-0.2, 0) is 10.1 Å². The van der Waals surface area contributed by atoms with Crippen molar-refractivity contribution in [2.45, 2.75) is 18.2 Å². The fourth-order valence-corrected chi connectivity index (χ4v) is 3.98. The van der Waals surface area contributed by atoms with Gasteiger partial charge in [-0.05, 0) is 36.1 Å². The van der Waals surface area contributed by atoms with E-state index in [1.807, 2.05) is 25.1 Å². The maximum absolute atomic E-state index is 12.9. The Morgan fingerprint density at radius 2 is 1.85 bits per heavy atom. The fraction of sp³-hybridized carbons (Fsp3) is 0.143. The van der Waals surface area contributed by atoms with Crippen LogP contribution in [0.25, 0.3) is 10.8 Å². The molecule has 3 aromatic rings. The molecular weight excluding hydrogens is 466 g/mol. The number of hydrogen-bond acceptors (Lipinski definition) is 8. The lowest BCUT2D eigenvalue weighted by molar-refractivity contribution is -0.742. The van der Waals surface area contributed by atoms with Gasteiger partial charge in [0.15, 0.2) is 0 Å². The van der Waals surface area contributed by atoms with Gasteiger partial charge in [-0.1, -0.05) is 36.4 Å². The molecule has 180 valence electrons. The monoisotopic (exact) mass is 489 g/mol. The van der Waals surface area contributed by atoms with Gasteiger partial charge < -0.3 is 19.9 Å². The van der Waals surface area contributed by atoms with E-state index in [1.165, 1.54) is 18.3 Å². The van der Waals surface area contributed by atoms with Crippen molar-refractivity contribution in [2.75, 3.05) is 6.61 Å². The smallest absolute Gasteiger partial charge is 0.339 e. The summed E-state index contributed by atoms with van der Waals surface area (Å²) in [6.45, 7) is 2.13. The number of benzene rings is 3. The van der Waals surface area contributed by atoms with E-state index < -0.39 is 15.2 Å². The zero-order chi connectivity index (χ0) is 25.1. The van der Waals surface area contributed by atoms with Crippen LogP contribution in [0.2, 0.25) is 0 Å². The quantitative estimate of drug-likeness (QED) is 0.0920. The Hall–Kier alpha value is -4.39. The Kier molecular flexibility index (Phi) is 9.14. The Morgan fingerprint density at radius 1 is 1.21 bits per heavy atom. The number of rotatable bonds is 8. The second kappa shape index (κ2) is 12.0. The second-order valence-electron chi connectivity index (χ2n) is 6.71. The van der Waals surface area contributed by atoms with Crippen molar-refractivity contribution in [1.29, 1.82) is 5.41 Å². The lowest BCUT2D eigenvalue weighted by atomic mass is 10.1. The molecule has 34 heavy (non-hydrogen) atoms. The molecule has 0 atom stereocenters. The van der Waals surface area contributed by atoms with Crippen molar-refractivity contribution < 1.29 is 27.6 Å². The van der Waals surface area contributed by atoms with Crippen LogP contribution < -0.4 is 20.1 Å². The Bertz CT molecular complexity index is 1290. The average Bonchev–Trinajstić information content (AvgIpc) is 2.74. The van der Waals surface area contributed by atoms with Gasteiger partial charge in [0.1, 0.15) is 16.4 Å². The van der Waals surface area contributed by atoms with E-state index in [0.717, 1.165) is 10.9 Å². The lowest BCUT2D eigenvalue weighted by Crippen LogP contribution is -2.25. The van der Waals surface area contributed by atoms with Gasteiger partial charge in [-0.15, -0.1) is 10.1 Å². The van der Waals surface area contributed by atoms with Crippen molar-refractivity contribution >= 4 is 33.1 Å². The summed E-state index contributed by atoms with van der Waals surface area (Å²) in [5, 5.41) is 25.8. The number of hydrogen-bond donors (Lipinski definition) is 4. The molecule has 0 saturated carbocycles. The zero-order valence-corrected chi connectivity index (χ0v) is 18.9. The Balaban J connectivity index is 0.000000945. The van der Waals surface area contributed by atoms with Crippen LogP contribution in [0.15, 0.2) is 70.7 Å². The first-order chi connectivity index (χ1) is 16.1. The molecule has 3 rings (SSSR count). The van der Waals surface area contributed by atoms with Crippen molar-refractivity contribution in [2.24, 2.45) is 10.8 Å². The van der Waals surface area contributed by atoms with Crippen LogP contribution >= 0.6 is 0 Å². The maximum Gasteiger partial charge on any atom is 0.339 e. The van der Waals surface area contributed by atoms with Crippen LogP contribution in [0, 0.1) is 22.4 Å². The zero-order valence-electron chi connectivity index (χ0n) is 18.0. The van der Waals surface area contributed by atoms with Gasteiger partial charge in [-0.3, -0.25) is 5.41 Å². The fourth-order valence-electron chi connectivity index (χ4n) is 2.84. The second-order valence-corrected chi connectivity index (χ2v) is 8.22. The summed E-state index contributed by atoms with van der Waals surface area (Å²) in [5.41, 5.74) is 8.22. The van der Waals surface area contributed by atoms with E-state index in [0.29, 0.717) is 24.2 Å². The minimum Gasteiger partial charge on any atom is -0.493 e. The van der Waals surface area contributed by atoms with Crippen LogP contribution in [0.4, 0.5) is 0 Å². The summed E-state index contributed by atoms with van der Waals surface area (Å²) < 4.78 is 36.9. The van der Waals surface area contributed by atoms with Crippen molar-refractivity contribution in [3.63, 3.8) is 0 Å². The topological polar surface area (TPSA) is 190 Å². The Labute approximate surface area is 195 Å². The summed E-state index contributed by atoms with van der Waals surface area (Å²) in [7, 11) is -4.03. The highest BCUT2D eigenvalue weighted by Crippen LogP contribution is 2.28. The highest BCUT2D eigenvalue weighted by Gasteiger charge is 2.20. The molecule has 0 unspecified atom stereocenters. The molecule has 0 bridgehead atoms. The number of fused-ring (bicyclic) bond motifs is 1. The first-order valence-electron chi connectivity index (χ1n) is 9.70. The number of guanidine groups is 1. The van der Waals surface area contributed by atoms with Crippen molar-refractivity contribution in [1.82, 2.24) is 5.43 Å². The molecule has 5 N–H and O–H groups in total. The molecule has 3 aromatic carbocycles. The number of nitrogens with two attached hydrogens (primary N) is 1. The van der Waals surface area contributed by atoms with Gasteiger partial charge in [0.2, 0.25) is 5.96 Å². The third-order valence-corrected chi connectivity index (χ3v) is 5.35. The first kappa shape index (κ1) is 25.9. The van der Waals surface area contributed by atoms with Gasteiger partial charge in [0.05, 0.1) is 6.61 Å². The molecule has 0 aliphatic heterocycles. The standard InChI is InChI=1S/C21H22N4O4S.HNO3/c1-15-12-17(28-11-5-10-24-25-21(22)23)14-18(13-15)29-30(26,27)20-9-4-7-16-6-2-3-8-19(16)20;2-1(3)4/h2-4,6-10,12-14H,5,11H2,1H3,(H4,22,23,25);(H,2,3,4). The highest BCUT2D eigenvalue weighted by atomic mass is 32.2. The largest absolute Gasteiger partial charge is 0.493 e. The van der Waals surface area contributed by atoms with Crippen LogP contribution in [0.5, 0.6) is 11.5 Å². The lowest BCUT2D eigenvalue weighted by Gasteiger charge is -2.12. The number of nitrogens with one attached hydrogen (secondary N) is 2. The van der Waals surface area contributed by atoms with Gasteiger partial charge in [0, 0.05) is 24.1 Å². The number of ether oxygens (including phenoxy) is 1. The van der Waals surface area contributed by atoms with Crippen LogP contribution in [0.1, 0.15) is 12.0 Å². The first-order valence-corrected chi connectivity index (χ1v) is 11.1. The maximum atomic E-state index is 12.9. The summed E-state index contributed by atoms with van der Waals surface area (Å²) in [6, 6.07) is 17.2.